The van der Waals surface area contributed by atoms with Gasteiger partial charge in [-0.1, -0.05) is 71.0 Å². The van der Waals surface area contributed by atoms with Gasteiger partial charge in [0.25, 0.3) is 0 Å². The van der Waals surface area contributed by atoms with Gasteiger partial charge in [-0.15, -0.1) is 0 Å². The van der Waals surface area contributed by atoms with Crippen molar-refractivity contribution >= 4 is 61.5 Å². The number of H-pyrrole nitrogens is 2. The quantitative estimate of drug-likeness (QED) is 0.0991. The summed E-state index contributed by atoms with van der Waals surface area (Å²) in [6.45, 7) is 12.0. The van der Waals surface area contributed by atoms with E-state index in [1.165, 1.54) is 7.11 Å². The predicted molar refractivity (Wildman–Crippen MR) is 236 cm³/mol. The number of methoxy groups -OCH3 is 2. The fourth-order valence-electron chi connectivity index (χ4n) is 9.63. The smallest absolute Gasteiger partial charge is 0.407 e. The van der Waals surface area contributed by atoms with Gasteiger partial charge in [0.1, 0.15) is 17.7 Å². The van der Waals surface area contributed by atoms with E-state index in [0.717, 1.165) is 67.0 Å². The number of amides is 3. The molecule has 3 aliphatic heterocycles. The molecular formula is C47H56N8O7. The van der Waals surface area contributed by atoms with Crippen LogP contribution < -0.4 is 10.6 Å². The highest BCUT2D eigenvalue weighted by atomic mass is 16.9. The minimum atomic E-state index is -0.744. The highest BCUT2D eigenvalue weighted by Crippen LogP contribution is 2.40. The molecule has 3 aliphatic rings. The summed E-state index contributed by atoms with van der Waals surface area (Å²) in [5.41, 5.74) is 5.70. The van der Waals surface area contributed by atoms with E-state index in [1.54, 1.807) is 7.11 Å². The van der Waals surface area contributed by atoms with Gasteiger partial charge in [0.15, 0.2) is 6.79 Å². The van der Waals surface area contributed by atoms with Gasteiger partial charge in [0.2, 0.25) is 18.2 Å². The van der Waals surface area contributed by atoms with E-state index in [-0.39, 0.29) is 48.4 Å². The first-order valence-corrected chi connectivity index (χ1v) is 21.7. The molecule has 4 aromatic carbocycles. The summed E-state index contributed by atoms with van der Waals surface area (Å²) in [7, 11) is 2.96. The van der Waals surface area contributed by atoms with E-state index < -0.39 is 24.6 Å². The predicted octanol–water partition coefficient (Wildman–Crippen LogP) is 7.14. The van der Waals surface area contributed by atoms with Gasteiger partial charge in [-0.2, -0.15) is 0 Å². The van der Waals surface area contributed by atoms with E-state index in [2.05, 4.69) is 82.1 Å². The van der Waals surface area contributed by atoms with Gasteiger partial charge >= 0.3 is 6.09 Å². The number of fused-ring (bicyclic) bond motifs is 6. The Balaban J connectivity index is 0.982. The SMILES string of the molecule is COC[C@H]1C[C@@H](c2nc3c(ccc4cc(-c5ccc6c(ccc7[nH]c([C@@H]8C[C@H](C)CN8C(=O)[C@@H](NC8OCO8)C(C)C)nc76)c5)ccc43)[nH]2)N(C(=O)[C@@H](NC(=O)OC)C(C)C)C1. The summed E-state index contributed by atoms with van der Waals surface area (Å²) in [5, 5.41) is 10.1. The minimum absolute atomic E-state index is 0.0296. The average molecular weight is 845 g/mol. The molecule has 0 aliphatic carbocycles. The van der Waals surface area contributed by atoms with Gasteiger partial charge in [0.05, 0.1) is 53.9 Å². The summed E-state index contributed by atoms with van der Waals surface area (Å²) >= 11 is 0. The molecule has 3 saturated heterocycles. The van der Waals surface area contributed by atoms with Crippen LogP contribution in [0.15, 0.2) is 60.7 Å². The molecule has 4 N–H and O–H groups in total. The fourth-order valence-corrected chi connectivity index (χ4v) is 9.63. The van der Waals surface area contributed by atoms with Crippen molar-refractivity contribution in [1.82, 2.24) is 40.4 Å². The zero-order valence-corrected chi connectivity index (χ0v) is 36.4. The number of nitrogens with one attached hydrogen (secondary N) is 4. The Bertz CT molecular complexity index is 2650. The third kappa shape index (κ3) is 7.76. The Morgan fingerprint density at radius 1 is 0.758 bits per heavy atom. The topological polar surface area (TPSA) is 176 Å². The van der Waals surface area contributed by atoms with Crippen molar-refractivity contribution in [2.75, 3.05) is 40.7 Å². The van der Waals surface area contributed by atoms with Crippen LogP contribution in [0.5, 0.6) is 0 Å². The van der Waals surface area contributed by atoms with Crippen LogP contribution in [0.25, 0.3) is 54.7 Å². The summed E-state index contributed by atoms with van der Waals surface area (Å²) in [6, 6.07) is 19.6. The number of aromatic amines is 2. The van der Waals surface area contributed by atoms with E-state index in [0.29, 0.717) is 37.9 Å². The van der Waals surface area contributed by atoms with Crippen molar-refractivity contribution < 1.29 is 33.3 Å². The maximum absolute atomic E-state index is 14.0. The Labute approximate surface area is 360 Å². The number of alkyl carbamates (subject to hydrolysis) is 1. The van der Waals surface area contributed by atoms with Crippen LogP contribution in [-0.2, 0) is 28.5 Å². The molecule has 3 fully saturated rings. The van der Waals surface area contributed by atoms with Crippen molar-refractivity contribution in [1.29, 1.82) is 0 Å². The molecule has 9 rings (SSSR count). The molecule has 326 valence electrons. The number of hydrogen-bond donors (Lipinski definition) is 4. The van der Waals surface area contributed by atoms with Crippen LogP contribution in [0.2, 0.25) is 0 Å². The zero-order valence-electron chi connectivity index (χ0n) is 36.4. The van der Waals surface area contributed by atoms with E-state index in [9.17, 15) is 14.4 Å². The second kappa shape index (κ2) is 16.9. The summed E-state index contributed by atoms with van der Waals surface area (Å²) in [6.07, 6.45) is 0.305. The number of rotatable bonds is 12. The van der Waals surface area contributed by atoms with Gasteiger partial charge < -0.3 is 44.0 Å². The number of likely N-dealkylation sites (tertiary alicyclic amines) is 2. The van der Waals surface area contributed by atoms with E-state index in [4.69, 9.17) is 28.9 Å². The highest BCUT2D eigenvalue weighted by molar-refractivity contribution is 6.07. The third-order valence-electron chi connectivity index (χ3n) is 12.9. The molecule has 0 unspecified atom stereocenters. The number of carbonyl (C=O) groups is 3. The standard InChI is InChI=1S/C47H56N8O7/c1-24(2)38(52-46(58)60-7)44(56)55-21-27(22-59-6)17-37(55)43-49-35-15-11-31-19-29(9-13-33(31)41(35)51-43)28-8-12-32-30(18-28)10-14-34-40(32)50-42(48-34)36-16-26(5)20-54(36)45(57)39(25(3)4)53-47-61-23-62-47/h8-15,18-19,24-27,36-39,47,53H,16-17,20-23H2,1-7H3,(H,48,50)(H,49,51)(H,52,58)/t26-,27-,36-,37-,38-,39-/m0/s1. The normalized spacial score (nSPS) is 21.8. The second-order valence-electron chi connectivity index (χ2n) is 18.0. The molecule has 6 atom stereocenters. The molecule has 0 bridgehead atoms. The van der Waals surface area contributed by atoms with Crippen LogP contribution in [0, 0.1) is 23.7 Å². The fraction of sp³-hybridized carbons (Fsp3) is 0.468. The maximum atomic E-state index is 14.0. The van der Waals surface area contributed by atoms with Gasteiger partial charge in [-0.3, -0.25) is 14.9 Å². The minimum Gasteiger partial charge on any atom is -0.453 e. The van der Waals surface area contributed by atoms with E-state index in [1.807, 2.05) is 43.6 Å². The second-order valence-corrected chi connectivity index (χ2v) is 18.0. The Hall–Kier alpha value is -5.61. The van der Waals surface area contributed by atoms with Gasteiger partial charge in [-0.25, -0.2) is 14.8 Å². The molecule has 62 heavy (non-hydrogen) atoms. The first kappa shape index (κ1) is 41.7. The van der Waals surface area contributed by atoms with Crippen molar-refractivity contribution in [2.45, 2.75) is 78.0 Å². The van der Waals surface area contributed by atoms with Crippen molar-refractivity contribution in [3.05, 3.63) is 72.3 Å². The summed E-state index contributed by atoms with van der Waals surface area (Å²) in [5.74, 6) is 1.71. The molecule has 0 saturated carbocycles. The lowest BCUT2D eigenvalue weighted by atomic mass is 9.98. The monoisotopic (exact) mass is 844 g/mol. The summed E-state index contributed by atoms with van der Waals surface area (Å²) < 4.78 is 21.2. The molecule has 3 amide bonds. The third-order valence-corrected chi connectivity index (χ3v) is 12.9. The Kier molecular flexibility index (Phi) is 11.4. The van der Waals surface area contributed by atoms with Gasteiger partial charge in [0, 0.05) is 36.9 Å². The Morgan fingerprint density at radius 3 is 1.82 bits per heavy atom. The number of imidazole rings is 2. The Morgan fingerprint density at radius 2 is 1.31 bits per heavy atom. The van der Waals surface area contributed by atoms with Crippen molar-refractivity contribution in [3.8, 4) is 11.1 Å². The first-order valence-electron chi connectivity index (χ1n) is 21.7. The molecule has 15 nitrogen and oxygen atoms in total. The number of ether oxygens (including phenoxy) is 4. The maximum Gasteiger partial charge on any atom is 0.407 e. The number of aromatic nitrogens is 4. The average Bonchev–Trinajstić information content (AvgIpc) is 4.06. The van der Waals surface area contributed by atoms with Gasteiger partial charge in [-0.05, 0) is 76.8 Å². The van der Waals surface area contributed by atoms with Crippen LogP contribution in [-0.4, -0.2) is 107 Å². The molecule has 5 heterocycles. The largest absolute Gasteiger partial charge is 0.453 e. The number of benzene rings is 4. The lowest BCUT2D eigenvalue weighted by Crippen LogP contribution is -2.56. The van der Waals surface area contributed by atoms with Crippen LogP contribution in [0.1, 0.15) is 71.2 Å². The lowest BCUT2D eigenvalue weighted by molar-refractivity contribution is -0.335. The number of hydrogen-bond acceptors (Lipinski definition) is 10. The molecule has 2 aromatic heterocycles. The summed E-state index contributed by atoms with van der Waals surface area (Å²) in [4.78, 5) is 61.4. The van der Waals surface area contributed by atoms with Crippen LogP contribution in [0.4, 0.5) is 4.79 Å². The molecule has 6 aromatic rings. The highest BCUT2D eigenvalue weighted by Gasteiger charge is 2.43. The lowest BCUT2D eigenvalue weighted by Gasteiger charge is -2.35. The molecule has 15 heteroatoms. The number of carbonyl (C=O) groups excluding carboxylic acids is 3. The van der Waals surface area contributed by atoms with E-state index >= 15 is 0 Å². The molecular weight excluding hydrogens is 789 g/mol. The molecule has 0 spiro atoms. The molecule has 0 radical (unpaired) electrons. The van der Waals surface area contributed by atoms with Crippen LogP contribution >= 0.6 is 0 Å². The van der Waals surface area contributed by atoms with Crippen molar-refractivity contribution in [3.63, 3.8) is 0 Å². The number of nitrogens with zero attached hydrogens (tertiary/aromatic N) is 4. The first-order chi connectivity index (χ1) is 29.9. The van der Waals surface area contributed by atoms with Crippen molar-refractivity contribution in [2.24, 2.45) is 23.7 Å². The van der Waals surface area contributed by atoms with Crippen LogP contribution in [0.3, 0.4) is 0 Å². The zero-order chi connectivity index (χ0) is 43.4.